The van der Waals surface area contributed by atoms with E-state index < -0.39 is 0 Å². The summed E-state index contributed by atoms with van der Waals surface area (Å²) in [6, 6.07) is 0. The first-order valence-corrected chi connectivity index (χ1v) is 25.3. The second-order valence-corrected chi connectivity index (χ2v) is 19.3. The highest BCUT2D eigenvalue weighted by Gasteiger charge is 2.39. The van der Waals surface area contributed by atoms with Crippen molar-refractivity contribution in [3.05, 3.63) is 19.3 Å². The van der Waals surface area contributed by atoms with Crippen LogP contribution in [0.4, 0.5) is 0 Å². The molecule has 0 N–H and O–H groups in total. The summed E-state index contributed by atoms with van der Waals surface area (Å²) >= 11 is 4.73. The molecule has 0 bridgehead atoms. The largest absolute Gasteiger partial charge is 0.289 e. The van der Waals surface area contributed by atoms with Crippen molar-refractivity contribution in [2.45, 2.75) is 231 Å². The third kappa shape index (κ3) is 17.0. The number of hydrogen-bond acceptors (Lipinski definition) is 1. The first kappa shape index (κ1) is 43.3. The van der Waals surface area contributed by atoms with Crippen LogP contribution in [0.5, 0.6) is 0 Å². The van der Waals surface area contributed by atoms with Crippen molar-refractivity contribution in [3.8, 4) is 0 Å². The van der Waals surface area contributed by atoms with Crippen molar-refractivity contribution < 1.29 is 4.79 Å². The standard InChI is InChI=1S/C47H80I2O/c48-37-45(43-33-41(34-43)31-23-15-21-29-39-25-17-11-7-3-1-4-8-12-18-26-39)47(50)46(38-49)44-35-42(36-44)32-24-16-22-30-40-27-19-13-9-5-2-6-10-14-20-28-40/h37-44H,1-36H2/t41-,42-,43-,44-. The summed E-state index contributed by atoms with van der Waals surface area (Å²) in [7, 11) is 0. The molecule has 0 amide bonds. The van der Waals surface area contributed by atoms with Crippen LogP contribution in [0, 0.1) is 35.5 Å². The van der Waals surface area contributed by atoms with Gasteiger partial charge < -0.3 is 0 Å². The molecule has 1 nitrogen and oxygen atoms in total. The smallest absolute Gasteiger partial charge is 0.186 e. The van der Waals surface area contributed by atoms with Crippen LogP contribution >= 0.6 is 45.2 Å². The lowest BCUT2D eigenvalue weighted by molar-refractivity contribution is -0.114. The molecule has 0 aromatic carbocycles. The van der Waals surface area contributed by atoms with E-state index in [4.69, 9.17) is 0 Å². The average molecular weight is 915 g/mol. The lowest BCUT2D eigenvalue weighted by atomic mass is 9.65. The predicted octanol–water partition coefficient (Wildman–Crippen LogP) is 17.0. The SMILES string of the molecule is O=C(C(=CI)[C@H]1C[C@H](CCCCCC2CCCCCCCCCCC2)C1)C(=CI)[C@H]1C[C@H](CCCCCC2CCCCCCCCCCC2)C1. The number of Topliss-reactive ketones (excluding diaryl/α,β-unsaturated/α-hetero) is 1. The van der Waals surface area contributed by atoms with Gasteiger partial charge in [-0.15, -0.1) is 0 Å². The van der Waals surface area contributed by atoms with E-state index in [1.54, 1.807) is 0 Å². The molecule has 4 rings (SSSR count). The molecule has 0 radical (unpaired) electrons. The maximum absolute atomic E-state index is 13.8. The third-order valence-corrected chi connectivity index (χ3v) is 15.4. The molecule has 4 aliphatic carbocycles. The van der Waals surface area contributed by atoms with E-state index in [9.17, 15) is 4.79 Å². The summed E-state index contributed by atoms with van der Waals surface area (Å²) in [5.74, 6) is 5.16. The van der Waals surface area contributed by atoms with Gasteiger partial charge in [0.15, 0.2) is 5.78 Å². The summed E-state index contributed by atoms with van der Waals surface area (Å²) in [4.78, 5) is 13.8. The van der Waals surface area contributed by atoms with Gasteiger partial charge in [0.25, 0.3) is 0 Å². The molecular weight excluding hydrogens is 834 g/mol. The Morgan fingerprint density at radius 2 is 0.640 bits per heavy atom. The van der Waals surface area contributed by atoms with Crippen LogP contribution in [0.15, 0.2) is 19.3 Å². The van der Waals surface area contributed by atoms with Gasteiger partial charge in [0, 0.05) is 11.1 Å². The molecule has 4 aliphatic rings. The molecule has 0 saturated heterocycles. The molecule has 0 unspecified atom stereocenters. The lowest BCUT2D eigenvalue weighted by Crippen LogP contribution is -2.33. The van der Waals surface area contributed by atoms with E-state index in [0.717, 1.165) is 34.8 Å². The van der Waals surface area contributed by atoms with Gasteiger partial charge in [0.1, 0.15) is 0 Å². The Morgan fingerprint density at radius 3 is 0.920 bits per heavy atom. The zero-order chi connectivity index (χ0) is 35.1. The van der Waals surface area contributed by atoms with Gasteiger partial charge >= 0.3 is 0 Å². The monoisotopic (exact) mass is 914 g/mol. The Morgan fingerprint density at radius 1 is 0.380 bits per heavy atom. The third-order valence-electron chi connectivity index (χ3n) is 14.0. The normalized spacial score (nSPS) is 28.3. The Kier molecular flexibility index (Phi) is 23.6. The number of ketones is 1. The molecule has 4 saturated carbocycles. The predicted molar refractivity (Wildman–Crippen MR) is 236 cm³/mol. The topological polar surface area (TPSA) is 17.1 Å². The average Bonchev–Trinajstić information content (AvgIpc) is 3.07. The highest BCUT2D eigenvalue weighted by atomic mass is 127. The van der Waals surface area contributed by atoms with E-state index >= 15 is 0 Å². The van der Waals surface area contributed by atoms with Gasteiger partial charge in [0.05, 0.1) is 0 Å². The number of allylic oxidation sites excluding steroid dienone is 2. The van der Waals surface area contributed by atoms with E-state index in [1.165, 1.54) is 231 Å². The number of unbranched alkanes of at least 4 members (excludes halogenated alkanes) is 4. The maximum Gasteiger partial charge on any atom is 0.186 e. The molecule has 0 aromatic rings. The summed E-state index contributed by atoms with van der Waals surface area (Å²) in [6.45, 7) is 0. The molecule has 4 fully saturated rings. The summed E-state index contributed by atoms with van der Waals surface area (Å²) in [5.41, 5.74) is 2.28. The number of halogens is 2. The van der Waals surface area contributed by atoms with Crippen molar-refractivity contribution in [2.75, 3.05) is 0 Å². The minimum atomic E-state index is 0.398. The van der Waals surface area contributed by atoms with Gasteiger partial charge in [-0.1, -0.05) is 251 Å². The molecular formula is C47H80I2O. The molecule has 50 heavy (non-hydrogen) atoms. The molecule has 0 atom stereocenters. The first-order chi connectivity index (χ1) is 24.7. The fourth-order valence-corrected chi connectivity index (χ4v) is 12.0. The van der Waals surface area contributed by atoms with Crippen LogP contribution in [0.3, 0.4) is 0 Å². The van der Waals surface area contributed by atoms with Crippen LogP contribution in [-0.4, -0.2) is 5.78 Å². The minimum Gasteiger partial charge on any atom is -0.289 e. The van der Waals surface area contributed by atoms with Gasteiger partial charge in [-0.05, 0) is 69.4 Å². The van der Waals surface area contributed by atoms with E-state index in [1.807, 2.05) is 0 Å². The van der Waals surface area contributed by atoms with E-state index in [-0.39, 0.29) is 0 Å². The quantitative estimate of drug-likeness (QED) is 0.0857. The zero-order valence-corrected chi connectivity index (χ0v) is 37.1. The van der Waals surface area contributed by atoms with E-state index in [0.29, 0.717) is 17.6 Å². The van der Waals surface area contributed by atoms with Crippen molar-refractivity contribution in [3.63, 3.8) is 0 Å². The van der Waals surface area contributed by atoms with Crippen molar-refractivity contribution in [2.24, 2.45) is 35.5 Å². The van der Waals surface area contributed by atoms with Crippen LogP contribution < -0.4 is 0 Å². The first-order valence-electron chi connectivity index (χ1n) is 22.8. The number of hydrogen-bond donors (Lipinski definition) is 0. The number of rotatable bonds is 16. The second-order valence-electron chi connectivity index (χ2n) is 18.1. The molecule has 0 heterocycles. The van der Waals surface area contributed by atoms with Crippen molar-refractivity contribution >= 4 is 51.0 Å². The fourth-order valence-electron chi connectivity index (χ4n) is 10.4. The molecule has 0 aromatic heterocycles. The second kappa shape index (κ2) is 27.2. The van der Waals surface area contributed by atoms with Crippen LogP contribution in [0.25, 0.3) is 0 Å². The van der Waals surface area contributed by atoms with Gasteiger partial charge in [-0.2, -0.15) is 0 Å². The molecule has 3 heteroatoms. The Labute approximate surface area is 339 Å². The summed E-state index contributed by atoms with van der Waals surface area (Å²) in [5, 5.41) is 0. The van der Waals surface area contributed by atoms with Gasteiger partial charge in [-0.3, -0.25) is 4.79 Å². The Hall–Kier alpha value is 0.610. The zero-order valence-electron chi connectivity index (χ0n) is 32.7. The van der Waals surface area contributed by atoms with Gasteiger partial charge in [-0.25, -0.2) is 0 Å². The number of carbonyl (C=O) groups excluding carboxylic acids is 1. The van der Waals surface area contributed by atoms with Crippen LogP contribution in [0.1, 0.15) is 231 Å². The summed E-state index contributed by atoms with van der Waals surface area (Å²) < 4.78 is 4.31. The fraction of sp³-hybridized carbons (Fsp3) is 0.894. The maximum atomic E-state index is 13.8. The highest BCUT2D eigenvalue weighted by molar-refractivity contribution is 14.1. The van der Waals surface area contributed by atoms with Crippen LogP contribution in [-0.2, 0) is 4.79 Å². The molecule has 0 spiro atoms. The Balaban J connectivity index is 1.04. The molecule has 288 valence electrons. The summed E-state index contributed by atoms with van der Waals surface area (Å²) in [6.07, 6.45) is 52.0. The Bertz CT molecular complexity index is 843. The van der Waals surface area contributed by atoms with Crippen LogP contribution in [0.2, 0.25) is 0 Å². The molecule has 0 aliphatic heterocycles. The van der Waals surface area contributed by atoms with Gasteiger partial charge in [0.2, 0.25) is 0 Å². The highest BCUT2D eigenvalue weighted by Crippen LogP contribution is 2.47. The lowest BCUT2D eigenvalue weighted by Gasteiger charge is -2.40. The van der Waals surface area contributed by atoms with Crippen molar-refractivity contribution in [1.82, 2.24) is 0 Å². The van der Waals surface area contributed by atoms with Crippen molar-refractivity contribution in [1.29, 1.82) is 0 Å². The minimum absolute atomic E-state index is 0.398. The number of carbonyl (C=O) groups is 1. The van der Waals surface area contributed by atoms with E-state index in [2.05, 4.69) is 53.3 Å².